The van der Waals surface area contributed by atoms with Crippen molar-refractivity contribution in [2.45, 2.75) is 0 Å². The minimum atomic E-state index is -3.13. The maximum absolute atomic E-state index is 13.8. The van der Waals surface area contributed by atoms with Gasteiger partial charge in [-0.1, -0.05) is 60.7 Å². The summed E-state index contributed by atoms with van der Waals surface area (Å²) in [4.78, 5) is 3.88. The quantitative estimate of drug-likeness (QED) is 0.593. The van der Waals surface area contributed by atoms with Gasteiger partial charge in [0.05, 0.1) is 5.30 Å². The molecule has 0 aliphatic carbocycles. The first-order chi connectivity index (χ1) is 10.2. The number of aromatic hydroxyl groups is 1. The van der Waals surface area contributed by atoms with E-state index in [9.17, 15) is 9.67 Å². The average Bonchev–Trinajstić information content (AvgIpc) is 2.56. The molecule has 0 amide bonds. The zero-order chi connectivity index (χ0) is 14.7. The van der Waals surface area contributed by atoms with Gasteiger partial charge in [0, 0.05) is 16.8 Å². The van der Waals surface area contributed by atoms with Gasteiger partial charge in [0.2, 0.25) is 5.88 Å². The second-order valence-electron chi connectivity index (χ2n) is 4.63. The first-order valence-corrected chi connectivity index (χ1v) is 8.29. The van der Waals surface area contributed by atoms with Crippen LogP contribution in [0.3, 0.4) is 0 Å². The fourth-order valence-corrected chi connectivity index (χ4v) is 5.01. The van der Waals surface area contributed by atoms with Crippen LogP contribution in [-0.2, 0) is 4.57 Å². The molecule has 106 valence electrons. The first kappa shape index (κ1) is 16.6. The van der Waals surface area contributed by atoms with E-state index in [0.29, 0.717) is 15.9 Å². The van der Waals surface area contributed by atoms with Gasteiger partial charge < -0.3 is 9.67 Å². The molecule has 3 aromatic rings. The van der Waals surface area contributed by atoms with Crippen LogP contribution < -0.4 is 15.9 Å². The van der Waals surface area contributed by atoms with Gasteiger partial charge in [0.1, 0.15) is 0 Å². The molecule has 1 aromatic heterocycles. The molecule has 0 spiro atoms. The molecule has 0 unspecified atom stereocenters. The molecular weight excluding hydrogens is 288 g/mol. The van der Waals surface area contributed by atoms with E-state index in [1.807, 2.05) is 60.7 Å². The summed E-state index contributed by atoms with van der Waals surface area (Å²) in [6, 6.07) is 21.8. The van der Waals surface area contributed by atoms with Crippen molar-refractivity contribution < 1.29 is 9.67 Å². The van der Waals surface area contributed by atoms with Gasteiger partial charge in [-0.05, 0) is 12.1 Å². The van der Waals surface area contributed by atoms with Gasteiger partial charge in [-0.3, -0.25) is 0 Å². The predicted molar refractivity (Wildman–Crippen MR) is 92.4 cm³/mol. The van der Waals surface area contributed by atoms with Crippen molar-refractivity contribution in [2.75, 3.05) is 0 Å². The Morgan fingerprint density at radius 3 is 1.73 bits per heavy atom. The molecule has 5 heteroatoms. The zero-order valence-corrected chi connectivity index (χ0v) is 12.1. The van der Waals surface area contributed by atoms with Gasteiger partial charge in [-0.2, -0.15) is 0 Å². The van der Waals surface area contributed by atoms with E-state index in [2.05, 4.69) is 4.98 Å². The molecule has 1 heterocycles. The van der Waals surface area contributed by atoms with Gasteiger partial charge in [-0.15, -0.1) is 0 Å². The van der Waals surface area contributed by atoms with Crippen LogP contribution in [0.5, 0.6) is 5.88 Å². The van der Waals surface area contributed by atoms with Gasteiger partial charge in [0.15, 0.2) is 7.14 Å². The number of aromatic nitrogens is 1. The van der Waals surface area contributed by atoms with Crippen LogP contribution in [0.15, 0.2) is 79.0 Å². The molecule has 2 aromatic carbocycles. The van der Waals surface area contributed by atoms with Crippen LogP contribution in [0.4, 0.5) is 0 Å². The predicted octanol–water partition coefficient (Wildman–Crippen LogP) is 1.78. The molecule has 3 nitrogen and oxygen atoms in total. The fraction of sp³-hybridized carbons (Fsp3) is 0. The first-order valence-electron chi connectivity index (χ1n) is 6.59. The number of nitrogens with zero attached hydrogens (tertiary/aromatic N) is 1. The summed E-state index contributed by atoms with van der Waals surface area (Å²) in [5.41, 5.74) is 0. The summed E-state index contributed by atoms with van der Waals surface area (Å²) >= 11 is 0. The van der Waals surface area contributed by atoms with Crippen LogP contribution in [0.2, 0.25) is 0 Å². The number of rotatable bonds is 3. The van der Waals surface area contributed by atoms with Crippen molar-refractivity contribution in [1.82, 2.24) is 4.98 Å². The van der Waals surface area contributed by atoms with Crippen molar-refractivity contribution in [1.29, 1.82) is 0 Å². The molecule has 0 saturated carbocycles. The number of benzene rings is 2. The summed E-state index contributed by atoms with van der Waals surface area (Å²) in [5.74, 6) is -0.187. The molecule has 0 bridgehead atoms. The normalized spacial score (nSPS) is 10.7. The van der Waals surface area contributed by atoms with E-state index in [4.69, 9.17) is 0 Å². The third kappa shape index (κ3) is 2.89. The SMILES string of the molecule is O=P(c1ccccc1)(c1ccccc1)c1cccnc1O.[LiH]. The summed E-state index contributed by atoms with van der Waals surface area (Å²) in [6.45, 7) is 0. The molecule has 1 N–H and O–H groups in total. The Balaban J connectivity index is 0.00000176. The van der Waals surface area contributed by atoms with Crippen molar-refractivity contribution in [3.8, 4) is 5.88 Å². The van der Waals surface area contributed by atoms with Crippen LogP contribution in [0, 0.1) is 0 Å². The number of pyridine rings is 1. The van der Waals surface area contributed by atoms with Crippen molar-refractivity contribution >= 4 is 41.9 Å². The van der Waals surface area contributed by atoms with Crippen LogP contribution >= 0.6 is 7.14 Å². The standard InChI is InChI=1S/C17H14NO2P.Li.H/c19-17-16(12-7-13-18-17)21(20,14-8-3-1-4-9-14)15-10-5-2-6-11-15;;/h1-13H,(H,18,19);;. The molecule has 0 atom stereocenters. The van der Waals surface area contributed by atoms with Crippen LogP contribution in [0.25, 0.3) is 0 Å². The van der Waals surface area contributed by atoms with E-state index in [1.165, 1.54) is 6.20 Å². The van der Waals surface area contributed by atoms with Crippen molar-refractivity contribution in [3.05, 3.63) is 79.0 Å². The molecular formula is C17H15LiNO2P. The minimum absolute atomic E-state index is 0. The van der Waals surface area contributed by atoms with Crippen LogP contribution in [0.1, 0.15) is 0 Å². The molecule has 0 aliphatic rings. The Morgan fingerprint density at radius 1 is 0.773 bits per heavy atom. The molecule has 0 aliphatic heterocycles. The van der Waals surface area contributed by atoms with Gasteiger partial charge >= 0.3 is 18.9 Å². The van der Waals surface area contributed by atoms with E-state index in [-0.39, 0.29) is 24.7 Å². The van der Waals surface area contributed by atoms with E-state index in [1.54, 1.807) is 12.1 Å². The topological polar surface area (TPSA) is 50.2 Å². The van der Waals surface area contributed by atoms with Crippen LogP contribution in [-0.4, -0.2) is 29.0 Å². The Bertz CT molecular complexity index is 751. The van der Waals surface area contributed by atoms with E-state index >= 15 is 0 Å². The molecule has 0 fully saturated rings. The van der Waals surface area contributed by atoms with Gasteiger partial charge in [-0.25, -0.2) is 4.98 Å². The number of hydrogen-bond donors (Lipinski definition) is 1. The Kier molecular flexibility index (Phi) is 5.27. The van der Waals surface area contributed by atoms with Crippen molar-refractivity contribution in [2.24, 2.45) is 0 Å². The molecule has 0 radical (unpaired) electrons. The second kappa shape index (κ2) is 6.98. The average molecular weight is 303 g/mol. The second-order valence-corrected chi connectivity index (χ2v) is 7.36. The van der Waals surface area contributed by atoms with Gasteiger partial charge in [0.25, 0.3) is 0 Å². The maximum atomic E-state index is 13.8. The molecule has 0 saturated heterocycles. The summed E-state index contributed by atoms with van der Waals surface area (Å²) in [5, 5.41) is 11.8. The van der Waals surface area contributed by atoms with E-state index < -0.39 is 7.14 Å². The fourth-order valence-electron chi connectivity index (χ4n) is 2.34. The molecule has 22 heavy (non-hydrogen) atoms. The molecule has 3 rings (SSSR count). The summed E-state index contributed by atoms with van der Waals surface area (Å²) in [6.07, 6.45) is 1.49. The van der Waals surface area contributed by atoms with Crippen molar-refractivity contribution in [3.63, 3.8) is 0 Å². The third-order valence-electron chi connectivity index (χ3n) is 3.34. The van der Waals surface area contributed by atoms with E-state index in [0.717, 1.165) is 0 Å². The zero-order valence-electron chi connectivity index (χ0n) is 11.3. The Labute approximate surface area is 141 Å². The summed E-state index contributed by atoms with van der Waals surface area (Å²) < 4.78 is 13.8. The number of hydrogen-bond acceptors (Lipinski definition) is 3. The Morgan fingerprint density at radius 2 is 1.27 bits per heavy atom. The third-order valence-corrected chi connectivity index (χ3v) is 6.42. The Hall–Kier alpha value is -1.78. The monoisotopic (exact) mass is 303 g/mol. The summed E-state index contributed by atoms with van der Waals surface area (Å²) in [7, 11) is -3.13.